The van der Waals surface area contributed by atoms with Gasteiger partial charge >= 0.3 is 0 Å². The average molecular weight is 288 g/mol. The van der Waals surface area contributed by atoms with E-state index in [1.165, 1.54) is 6.33 Å². The molecule has 21 heavy (non-hydrogen) atoms. The van der Waals surface area contributed by atoms with E-state index in [0.717, 1.165) is 42.2 Å². The quantitative estimate of drug-likeness (QED) is 0.899. The number of aromatic nitrogens is 5. The van der Waals surface area contributed by atoms with Crippen LogP contribution in [0.4, 0.5) is 0 Å². The predicted molar refractivity (Wildman–Crippen MR) is 76.9 cm³/mol. The number of nitrogens with zero attached hydrogens (tertiary/aromatic N) is 5. The van der Waals surface area contributed by atoms with Gasteiger partial charge in [-0.15, -0.1) is 0 Å². The lowest BCUT2D eigenvalue weighted by Crippen LogP contribution is -2.39. The standard InChI is InChI=1S/C14H20N6O/c1-9-12(10(2)19(3)18-9)14(21)20-6-4-5-11(7-20)13-15-8-16-17-13/h8,11H,4-7H2,1-3H3,(H,15,16,17)/t11-/m0/s1. The molecule has 1 N–H and O–H groups in total. The monoisotopic (exact) mass is 288 g/mol. The number of piperidine rings is 1. The molecule has 0 bridgehead atoms. The van der Waals surface area contributed by atoms with Crippen LogP contribution in [-0.4, -0.2) is 48.9 Å². The lowest BCUT2D eigenvalue weighted by Gasteiger charge is -2.31. The van der Waals surface area contributed by atoms with Gasteiger partial charge in [-0.05, 0) is 26.7 Å². The van der Waals surface area contributed by atoms with Crippen molar-refractivity contribution in [1.29, 1.82) is 0 Å². The predicted octanol–water partition coefficient (Wildman–Crippen LogP) is 1.17. The zero-order valence-corrected chi connectivity index (χ0v) is 12.6. The number of aromatic amines is 1. The first-order valence-corrected chi connectivity index (χ1v) is 7.22. The molecule has 1 aliphatic heterocycles. The molecule has 0 aliphatic carbocycles. The van der Waals surface area contributed by atoms with Crippen molar-refractivity contribution in [1.82, 2.24) is 29.9 Å². The van der Waals surface area contributed by atoms with Gasteiger partial charge in [-0.3, -0.25) is 14.6 Å². The number of H-pyrrole nitrogens is 1. The summed E-state index contributed by atoms with van der Waals surface area (Å²) in [6.07, 6.45) is 3.53. The van der Waals surface area contributed by atoms with Crippen LogP contribution in [0.1, 0.15) is 46.3 Å². The first-order valence-electron chi connectivity index (χ1n) is 7.22. The SMILES string of the molecule is Cc1nn(C)c(C)c1C(=O)N1CCC[C@H](c2ncn[nH]2)C1. The zero-order chi connectivity index (χ0) is 15.0. The van der Waals surface area contributed by atoms with Crippen LogP contribution < -0.4 is 0 Å². The minimum absolute atomic E-state index is 0.0716. The Balaban J connectivity index is 1.81. The fourth-order valence-corrected chi connectivity index (χ4v) is 3.04. The molecule has 0 unspecified atom stereocenters. The van der Waals surface area contributed by atoms with E-state index in [9.17, 15) is 4.79 Å². The molecule has 3 heterocycles. The molecular weight excluding hydrogens is 268 g/mol. The summed E-state index contributed by atoms with van der Waals surface area (Å²) in [5.41, 5.74) is 2.44. The maximum atomic E-state index is 12.8. The highest BCUT2D eigenvalue weighted by Crippen LogP contribution is 2.26. The van der Waals surface area contributed by atoms with E-state index in [4.69, 9.17) is 0 Å². The molecule has 0 aromatic carbocycles. The van der Waals surface area contributed by atoms with Gasteiger partial charge in [0.15, 0.2) is 0 Å². The summed E-state index contributed by atoms with van der Waals surface area (Å²) in [7, 11) is 1.87. The van der Waals surface area contributed by atoms with Crippen LogP contribution in [0.2, 0.25) is 0 Å². The third kappa shape index (κ3) is 2.43. The summed E-state index contributed by atoms with van der Waals surface area (Å²) in [4.78, 5) is 18.9. The van der Waals surface area contributed by atoms with Gasteiger partial charge in [0.05, 0.1) is 11.3 Å². The Morgan fingerprint density at radius 2 is 2.24 bits per heavy atom. The van der Waals surface area contributed by atoms with Crippen molar-refractivity contribution in [3.63, 3.8) is 0 Å². The molecule has 0 radical (unpaired) electrons. The average Bonchev–Trinajstić information content (AvgIpc) is 3.08. The molecule has 1 fully saturated rings. The van der Waals surface area contributed by atoms with Gasteiger partial charge in [0, 0.05) is 31.7 Å². The van der Waals surface area contributed by atoms with Gasteiger partial charge in [0.25, 0.3) is 5.91 Å². The van der Waals surface area contributed by atoms with Crippen LogP contribution in [0.25, 0.3) is 0 Å². The number of nitrogens with one attached hydrogen (secondary N) is 1. The summed E-state index contributed by atoms with van der Waals surface area (Å²) in [6, 6.07) is 0. The van der Waals surface area contributed by atoms with Crippen molar-refractivity contribution in [2.75, 3.05) is 13.1 Å². The van der Waals surface area contributed by atoms with Gasteiger partial charge in [0.1, 0.15) is 12.2 Å². The largest absolute Gasteiger partial charge is 0.338 e. The van der Waals surface area contributed by atoms with Crippen molar-refractivity contribution in [2.45, 2.75) is 32.6 Å². The number of hydrogen-bond donors (Lipinski definition) is 1. The molecular formula is C14H20N6O. The van der Waals surface area contributed by atoms with E-state index in [0.29, 0.717) is 6.54 Å². The van der Waals surface area contributed by atoms with Gasteiger partial charge in [-0.1, -0.05) is 0 Å². The van der Waals surface area contributed by atoms with Gasteiger partial charge in [-0.2, -0.15) is 10.2 Å². The maximum Gasteiger partial charge on any atom is 0.257 e. The van der Waals surface area contributed by atoms with E-state index in [1.807, 2.05) is 25.8 Å². The van der Waals surface area contributed by atoms with E-state index in [1.54, 1.807) is 4.68 Å². The highest BCUT2D eigenvalue weighted by Gasteiger charge is 2.29. The normalized spacial score (nSPS) is 19.0. The Morgan fingerprint density at radius 1 is 1.43 bits per heavy atom. The molecule has 1 saturated heterocycles. The van der Waals surface area contributed by atoms with Crippen molar-refractivity contribution >= 4 is 5.91 Å². The Hall–Kier alpha value is -2.18. The highest BCUT2D eigenvalue weighted by molar-refractivity contribution is 5.96. The first-order chi connectivity index (χ1) is 10.1. The molecule has 3 rings (SSSR count). The minimum atomic E-state index is 0.0716. The lowest BCUT2D eigenvalue weighted by atomic mass is 9.96. The van der Waals surface area contributed by atoms with Crippen molar-refractivity contribution in [3.8, 4) is 0 Å². The zero-order valence-electron chi connectivity index (χ0n) is 12.6. The van der Waals surface area contributed by atoms with E-state index < -0.39 is 0 Å². The van der Waals surface area contributed by atoms with Crippen molar-refractivity contribution in [2.24, 2.45) is 7.05 Å². The van der Waals surface area contributed by atoms with Gasteiger partial charge in [-0.25, -0.2) is 4.98 Å². The topological polar surface area (TPSA) is 79.7 Å². The summed E-state index contributed by atoms with van der Waals surface area (Å²) in [5, 5.41) is 11.2. The van der Waals surface area contributed by atoms with Crippen molar-refractivity contribution in [3.05, 3.63) is 29.1 Å². The number of hydrogen-bond acceptors (Lipinski definition) is 4. The number of likely N-dealkylation sites (tertiary alicyclic amines) is 1. The molecule has 0 spiro atoms. The molecule has 1 atom stereocenters. The Labute approximate surface area is 123 Å². The number of carbonyl (C=O) groups is 1. The third-order valence-electron chi connectivity index (χ3n) is 4.25. The summed E-state index contributed by atoms with van der Waals surface area (Å²) >= 11 is 0. The Morgan fingerprint density at radius 3 is 2.86 bits per heavy atom. The second kappa shape index (κ2) is 5.31. The summed E-state index contributed by atoms with van der Waals surface area (Å²) < 4.78 is 1.76. The molecule has 1 amide bonds. The summed E-state index contributed by atoms with van der Waals surface area (Å²) in [5.74, 6) is 1.18. The highest BCUT2D eigenvalue weighted by atomic mass is 16.2. The lowest BCUT2D eigenvalue weighted by molar-refractivity contribution is 0.0703. The van der Waals surface area contributed by atoms with Crippen LogP contribution in [0, 0.1) is 13.8 Å². The van der Waals surface area contributed by atoms with Crippen LogP contribution in [0.3, 0.4) is 0 Å². The Kier molecular flexibility index (Phi) is 3.48. The van der Waals surface area contributed by atoms with E-state index >= 15 is 0 Å². The van der Waals surface area contributed by atoms with Crippen LogP contribution in [0.5, 0.6) is 0 Å². The molecule has 0 saturated carbocycles. The van der Waals surface area contributed by atoms with Crippen LogP contribution in [0.15, 0.2) is 6.33 Å². The smallest absolute Gasteiger partial charge is 0.257 e. The molecule has 7 heteroatoms. The molecule has 2 aromatic heterocycles. The maximum absolute atomic E-state index is 12.8. The molecule has 7 nitrogen and oxygen atoms in total. The van der Waals surface area contributed by atoms with Gasteiger partial charge < -0.3 is 4.90 Å². The second-order valence-electron chi connectivity index (χ2n) is 5.63. The second-order valence-corrected chi connectivity index (χ2v) is 5.63. The van der Waals surface area contributed by atoms with E-state index in [-0.39, 0.29) is 11.8 Å². The van der Waals surface area contributed by atoms with E-state index in [2.05, 4.69) is 20.3 Å². The minimum Gasteiger partial charge on any atom is -0.338 e. The van der Waals surface area contributed by atoms with Crippen LogP contribution >= 0.6 is 0 Å². The number of rotatable bonds is 2. The summed E-state index contributed by atoms with van der Waals surface area (Å²) in [6.45, 7) is 5.29. The molecule has 2 aromatic rings. The first kappa shape index (κ1) is 13.8. The number of amides is 1. The van der Waals surface area contributed by atoms with Gasteiger partial charge in [0.2, 0.25) is 0 Å². The van der Waals surface area contributed by atoms with Crippen molar-refractivity contribution < 1.29 is 4.79 Å². The Bertz CT molecular complexity index is 645. The number of carbonyl (C=O) groups excluding carboxylic acids is 1. The molecule has 1 aliphatic rings. The van der Waals surface area contributed by atoms with Crippen LogP contribution in [-0.2, 0) is 7.05 Å². The fraction of sp³-hybridized carbons (Fsp3) is 0.571. The fourth-order valence-electron chi connectivity index (χ4n) is 3.04. The third-order valence-corrected chi connectivity index (χ3v) is 4.25. The number of aryl methyl sites for hydroxylation is 2. The molecule has 112 valence electrons.